The largest absolute Gasteiger partial charge is 0.454 e. The Morgan fingerprint density at radius 1 is 1.17 bits per heavy atom. The molecule has 0 aliphatic heterocycles. The molecule has 1 spiro atoms. The van der Waals surface area contributed by atoms with E-state index in [0.717, 1.165) is 0 Å². The van der Waals surface area contributed by atoms with Gasteiger partial charge < -0.3 is 4.74 Å². The Labute approximate surface area is 145 Å². The summed E-state index contributed by atoms with van der Waals surface area (Å²) in [5.74, 6) is 1.51. The first-order valence-electron chi connectivity index (χ1n) is 9.33. The third kappa shape index (κ3) is 1.92. The average molecular weight is 324 g/mol. The molecule has 24 heavy (non-hydrogen) atoms. The number of hydrogen-bond acceptors (Lipinski definition) is 2. The molecule has 0 heterocycles. The molecule has 4 fully saturated rings. The first kappa shape index (κ1) is 15.9. The van der Waals surface area contributed by atoms with Gasteiger partial charge in [-0.3, -0.25) is 0 Å². The summed E-state index contributed by atoms with van der Waals surface area (Å²) in [4.78, 5) is 12.7. The van der Waals surface area contributed by atoms with E-state index in [9.17, 15) is 4.79 Å². The second-order valence-corrected chi connectivity index (χ2v) is 8.78. The number of ether oxygens (including phenoxy) is 1. The van der Waals surface area contributed by atoms with Crippen LogP contribution in [0.5, 0.6) is 0 Å². The predicted molar refractivity (Wildman–Crippen MR) is 95.6 cm³/mol. The molecule has 4 saturated carbocycles. The molecule has 0 N–H and O–H groups in total. The second kappa shape index (κ2) is 5.21. The van der Waals surface area contributed by atoms with Crippen molar-refractivity contribution in [3.05, 3.63) is 48.0 Å². The molecule has 0 amide bonds. The van der Waals surface area contributed by atoms with Crippen LogP contribution in [0.3, 0.4) is 0 Å². The van der Waals surface area contributed by atoms with Crippen molar-refractivity contribution in [2.75, 3.05) is 0 Å². The monoisotopic (exact) mass is 324 g/mol. The predicted octanol–water partition coefficient (Wildman–Crippen LogP) is 5.25. The summed E-state index contributed by atoms with van der Waals surface area (Å²) in [6.45, 7) is 11.6. The standard InChI is InChI=1S/C22H28O2/c1-14-10-11-18-21(3,4)17-12-13-22(14,18)19(15(17)2)24-20(23)16-8-6-5-7-9-16/h5-9,14,17-19H,2,10-13H2,1,3-4H3/t14-,17-,18-,19-,22+/m0/s1. The molecule has 1 aromatic carbocycles. The zero-order valence-electron chi connectivity index (χ0n) is 15.0. The minimum atomic E-state index is -0.195. The maximum atomic E-state index is 12.7. The molecule has 2 bridgehead atoms. The fourth-order valence-electron chi connectivity index (χ4n) is 6.49. The number of benzene rings is 1. The lowest BCUT2D eigenvalue weighted by Gasteiger charge is -2.63. The van der Waals surface area contributed by atoms with Crippen LogP contribution in [-0.2, 0) is 4.74 Å². The molecule has 0 aromatic heterocycles. The van der Waals surface area contributed by atoms with Crippen LogP contribution in [0.4, 0.5) is 0 Å². The second-order valence-electron chi connectivity index (χ2n) is 8.78. The van der Waals surface area contributed by atoms with Gasteiger partial charge in [-0.2, -0.15) is 0 Å². The van der Waals surface area contributed by atoms with Crippen LogP contribution in [0.15, 0.2) is 42.5 Å². The molecule has 2 heteroatoms. The minimum absolute atomic E-state index is 0.0970. The van der Waals surface area contributed by atoms with Gasteiger partial charge in [0.25, 0.3) is 0 Å². The third-order valence-electron chi connectivity index (χ3n) is 7.62. The zero-order valence-corrected chi connectivity index (χ0v) is 15.0. The number of carbonyl (C=O) groups excluding carboxylic acids is 1. The van der Waals surface area contributed by atoms with Crippen LogP contribution in [0.1, 0.15) is 56.8 Å². The molecule has 5 rings (SSSR count). The Balaban J connectivity index is 1.71. The molecule has 0 saturated heterocycles. The molecule has 128 valence electrons. The van der Waals surface area contributed by atoms with Gasteiger partial charge in [-0.1, -0.05) is 45.5 Å². The van der Waals surface area contributed by atoms with Crippen molar-refractivity contribution in [3.8, 4) is 0 Å². The molecule has 5 atom stereocenters. The Kier molecular flexibility index (Phi) is 3.46. The van der Waals surface area contributed by atoms with Crippen molar-refractivity contribution in [1.82, 2.24) is 0 Å². The van der Waals surface area contributed by atoms with E-state index in [1.165, 1.54) is 31.3 Å². The summed E-state index contributed by atoms with van der Waals surface area (Å²) in [6.07, 6.45) is 4.77. The van der Waals surface area contributed by atoms with E-state index in [1.807, 2.05) is 30.3 Å². The van der Waals surface area contributed by atoms with Crippen LogP contribution in [0.25, 0.3) is 0 Å². The van der Waals surface area contributed by atoms with Gasteiger partial charge in [0.2, 0.25) is 0 Å². The SMILES string of the molecule is C=C1[C@@H]2CC[C@]3([C@@H](C)CC[C@H]3C2(C)C)[C@H]1OC(=O)c1ccccc1. The van der Waals surface area contributed by atoms with Gasteiger partial charge >= 0.3 is 5.97 Å². The van der Waals surface area contributed by atoms with E-state index < -0.39 is 0 Å². The summed E-state index contributed by atoms with van der Waals surface area (Å²) in [5, 5.41) is 0. The molecule has 2 nitrogen and oxygen atoms in total. The van der Waals surface area contributed by atoms with Crippen molar-refractivity contribution in [2.45, 2.75) is 52.6 Å². The van der Waals surface area contributed by atoms with Gasteiger partial charge in [0.05, 0.1) is 5.56 Å². The molecule has 1 aromatic rings. The van der Waals surface area contributed by atoms with Gasteiger partial charge in [0.15, 0.2) is 0 Å². The number of hydrogen-bond donors (Lipinski definition) is 0. The summed E-state index contributed by atoms with van der Waals surface area (Å²) in [6, 6.07) is 9.38. The molecule has 4 aliphatic carbocycles. The first-order valence-corrected chi connectivity index (χ1v) is 9.33. The molecular weight excluding hydrogens is 296 g/mol. The maximum absolute atomic E-state index is 12.7. The minimum Gasteiger partial charge on any atom is -0.454 e. The first-order chi connectivity index (χ1) is 11.4. The van der Waals surface area contributed by atoms with Crippen LogP contribution in [-0.4, -0.2) is 12.1 Å². The lowest BCUT2D eigenvalue weighted by molar-refractivity contribution is -0.148. The maximum Gasteiger partial charge on any atom is 0.338 e. The van der Waals surface area contributed by atoms with Crippen molar-refractivity contribution in [3.63, 3.8) is 0 Å². The Morgan fingerprint density at radius 3 is 2.58 bits per heavy atom. The summed E-state index contributed by atoms with van der Waals surface area (Å²) < 4.78 is 6.15. The lowest BCUT2D eigenvalue weighted by atomic mass is 9.42. The number of esters is 1. The Hall–Kier alpha value is -1.57. The van der Waals surface area contributed by atoms with E-state index in [0.29, 0.717) is 23.3 Å². The fraction of sp³-hybridized carbons (Fsp3) is 0.591. The van der Waals surface area contributed by atoms with Gasteiger partial charge in [-0.25, -0.2) is 4.79 Å². The highest BCUT2D eigenvalue weighted by Gasteiger charge is 2.68. The van der Waals surface area contributed by atoms with Gasteiger partial charge in [-0.05, 0) is 66.6 Å². The quantitative estimate of drug-likeness (QED) is 0.548. The van der Waals surface area contributed by atoms with Gasteiger partial charge in [0.1, 0.15) is 6.10 Å². The smallest absolute Gasteiger partial charge is 0.338 e. The molecule has 0 radical (unpaired) electrons. The third-order valence-corrected chi connectivity index (χ3v) is 7.62. The van der Waals surface area contributed by atoms with E-state index in [4.69, 9.17) is 4.74 Å². The number of fused-ring (bicyclic) bond motifs is 2. The van der Waals surface area contributed by atoms with Gasteiger partial charge in [-0.15, -0.1) is 0 Å². The number of carbonyl (C=O) groups is 1. The summed E-state index contributed by atoms with van der Waals surface area (Å²) in [5.41, 5.74) is 2.18. The van der Waals surface area contributed by atoms with Crippen LogP contribution in [0.2, 0.25) is 0 Å². The van der Waals surface area contributed by atoms with E-state index in [-0.39, 0.29) is 22.9 Å². The zero-order chi connectivity index (χ0) is 17.1. The number of rotatable bonds is 2. The molecular formula is C22H28O2. The topological polar surface area (TPSA) is 26.3 Å². The summed E-state index contributed by atoms with van der Waals surface area (Å²) >= 11 is 0. The fourth-order valence-corrected chi connectivity index (χ4v) is 6.49. The van der Waals surface area contributed by atoms with Crippen molar-refractivity contribution in [2.24, 2.45) is 28.6 Å². The molecule has 4 aliphatic rings. The normalized spacial score (nSPS) is 39.5. The highest BCUT2D eigenvalue weighted by molar-refractivity contribution is 5.89. The van der Waals surface area contributed by atoms with Crippen molar-refractivity contribution >= 4 is 5.97 Å². The summed E-state index contributed by atoms with van der Waals surface area (Å²) in [7, 11) is 0. The van der Waals surface area contributed by atoms with Crippen molar-refractivity contribution in [1.29, 1.82) is 0 Å². The van der Waals surface area contributed by atoms with E-state index >= 15 is 0 Å². The average Bonchev–Trinajstić information content (AvgIpc) is 2.90. The van der Waals surface area contributed by atoms with E-state index in [1.54, 1.807) is 0 Å². The highest BCUT2D eigenvalue weighted by atomic mass is 16.5. The molecule has 0 unspecified atom stereocenters. The lowest BCUT2D eigenvalue weighted by Crippen LogP contribution is -2.61. The van der Waals surface area contributed by atoms with Gasteiger partial charge in [0, 0.05) is 5.41 Å². The highest BCUT2D eigenvalue weighted by Crippen LogP contribution is 2.71. The van der Waals surface area contributed by atoms with Crippen LogP contribution >= 0.6 is 0 Å². The Bertz CT molecular complexity index is 674. The Morgan fingerprint density at radius 2 is 1.88 bits per heavy atom. The van der Waals surface area contributed by atoms with Crippen LogP contribution in [0, 0.1) is 28.6 Å². The van der Waals surface area contributed by atoms with E-state index in [2.05, 4.69) is 27.4 Å². The van der Waals surface area contributed by atoms with Crippen molar-refractivity contribution < 1.29 is 9.53 Å². The van der Waals surface area contributed by atoms with Crippen LogP contribution < -0.4 is 0 Å².